The van der Waals surface area contributed by atoms with Crippen LogP contribution in [0.1, 0.15) is 42.5 Å². The number of hydroxylamine groups is 2. The van der Waals surface area contributed by atoms with E-state index < -0.39 is 0 Å². The Labute approximate surface area is 149 Å². The molecule has 1 aromatic rings. The summed E-state index contributed by atoms with van der Waals surface area (Å²) in [6.07, 6.45) is 8.92. The molecule has 0 unspecified atom stereocenters. The molecular formula is C19H27N3O3. The van der Waals surface area contributed by atoms with Gasteiger partial charge in [-0.25, -0.2) is 0 Å². The standard InChI is InChI=1S/C19H27N3O3/c1-22(25-2)14-6-9-18(23)20-17-12-10-15(11-13-17)19(24)21-16-7-4-3-5-8-16/h6,9-13,16H,3-5,7-8,14H2,1-2H3,(H,20,23)(H,21,24)/b9-6+. The summed E-state index contributed by atoms with van der Waals surface area (Å²) in [5, 5.41) is 7.45. The molecule has 0 spiro atoms. The molecule has 0 aromatic heterocycles. The SMILES string of the molecule is CON(C)C/C=C/C(=O)Nc1ccc(C(=O)NC2CCCCC2)cc1. The van der Waals surface area contributed by atoms with Gasteiger partial charge in [-0.1, -0.05) is 25.3 Å². The first kappa shape index (κ1) is 19.1. The lowest BCUT2D eigenvalue weighted by atomic mass is 9.95. The fourth-order valence-corrected chi connectivity index (χ4v) is 2.79. The van der Waals surface area contributed by atoms with Crippen molar-refractivity contribution in [2.45, 2.75) is 38.1 Å². The highest BCUT2D eigenvalue weighted by Crippen LogP contribution is 2.18. The average Bonchev–Trinajstić information content (AvgIpc) is 2.63. The molecule has 2 rings (SSSR count). The topological polar surface area (TPSA) is 70.7 Å². The van der Waals surface area contributed by atoms with Crippen molar-refractivity contribution >= 4 is 17.5 Å². The van der Waals surface area contributed by atoms with Gasteiger partial charge in [0.05, 0.1) is 7.11 Å². The summed E-state index contributed by atoms with van der Waals surface area (Å²) in [6, 6.07) is 7.23. The van der Waals surface area contributed by atoms with Gasteiger partial charge in [-0.15, -0.1) is 0 Å². The van der Waals surface area contributed by atoms with Gasteiger partial charge in [0.2, 0.25) is 5.91 Å². The van der Waals surface area contributed by atoms with E-state index in [9.17, 15) is 9.59 Å². The Balaban J connectivity index is 1.82. The maximum absolute atomic E-state index is 12.3. The number of hydrogen-bond donors (Lipinski definition) is 2. The summed E-state index contributed by atoms with van der Waals surface area (Å²) in [4.78, 5) is 29.0. The molecule has 0 atom stereocenters. The molecule has 1 aliphatic carbocycles. The first-order valence-electron chi connectivity index (χ1n) is 8.72. The molecule has 0 saturated heterocycles. The summed E-state index contributed by atoms with van der Waals surface area (Å²) in [6.45, 7) is 0.518. The second kappa shape index (κ2) is 9.96. The third-order valence-corrected chi connectivity index (χ3v) is 4.30. The molecule has 1 fully saturated rings. The molecular weight excluding hydrogens is 318 g/mol. The Kier molecular flexibility index (Phi) is 7.63. The van der Waals surface area contributed by atoms with E-state index in [0.717, 1.165) is 12.8 Å². The van der Waals surface area contributed by atoms with Gasteiger partial charge < -0.3 is 15.5 Å². The summed E-state index contributed by atoms with van der Waals surface area (Å²) < 4.78 is 0. The minimum absolute atomic E-state index is 0.0488. The monoisotopic (exact) mass is 345 g/mol. The van der Waals surface area contributed by atoms with Gasteiger partial charge >= 0.3 is 0 Å². The van der Waals surface area contributed by atoms with Crippen LogP contribution in [-0.4, -0.2) is 43.6 Å². The number of likely N-dealkylation sites (N-methyl/N-ethyl adjacent to an activating group) is 1. The molecule has 2 amide bonds. The van der Waals surface area contributed by atoms with Crippen molar-refractivity contribution in [1.82, 2.24) is 10.4 Å². The number of carbonyl (C=O) groups excluding carboxylic acids is 2. The molecule has 25 heavy (non-hydrogen) atoms. The highest BCUT2D eigenvalue weighted by Gasteiger charge is 2.16. The first-order valence-corrected chi connectivity index (χ1v) is 8.72. The molecule has 0 bridgehead atoms. The lowest BCUT2D eigenvalue weighted by molar-refractivity contribution is -0.112. The van der Waals surface area contributed by atoms with Crippen molar-refractivity contribution in [2.75, 3.05) is 26.0 Å². The Morgan fingerprint density at radius 3 is 2.52 bits per heavy atom. The third-order valence-electron chi connectivity index (χ3n) is 4.30. The zero-order valence-electron chi connectivity index (χ0n) is 15.0. The zero-order valence-corrected chi connectivity index (χ0v) is 15.0. The van der Waals surface area contributed by atoms with Crippen molar-refractivity contribution in [2.24, 2.45) is 0 Å². The molecule has 1 aromatic carbocycles. The number of anilines is 1. The van der Waals surface area contributed by atoms with Crippen LogP contribution < -0.4 is 10.6 Å². The van der Waals surface area contributed by atoms with Crippen LogP contribution in [0.25, 0.3) is 0 Å². The van der Waals surface area contributed by atoms with Crippen molar-refractivity contribution in [3.05, 3.63) is 42.0 Å². The molecule has 2 N–H and O–H groups in total. The van der Waals surface area contributed by atoms with Gasteiger partial charge in [-0.2, -0.15) is 5.06 Å². The minimum Gasteiger partial charge on any atom is -0.349 e. The maximum atomic E-state index is 12.3. The second-order valence-electron chi connectivity index (χ2n) is 6.27. The van der Waals surface area contributed by atoms with Crippen LogP contribution in [0.2, 0.25) is 0 Å². The van der Waals surface area contributed by atoms with E-state index in [1.165, 1.54) is 25.3 Å². The van der Waals surface area contributed by atoms with Gasteiger partial charge in [0.15, 0.2) is 0 Å². The highest BCUT2D eigenvalue weighted by molar-refractivity contribution is 6.00. The Hall–Kier alpha value is -2.18. The number of amides is 2. The van der Waals surface area contributed by atoms with E-state index in [0.29, 0.717) is 17.8 Å². The molecule has 0 radical (unpaired) electrons. The van der Waals surface area contributed by atoms with E-state index in [2.05, 4.69) is 10.6 Å². The molecule has 6 heteroatoms. The van der Waals surface area contributed by atoms with Crippen LogP contribution in [0.3, 0.4) is 0 Å². The van der Waals surface area contributed by atoms with Gasteiger partial charge in [-0.05, 0) is 37.1 Å². The van der Waals surface area contributed by atoms with Crippen LogP contribution in [0.4, 0.5) is 5.69 Å². The van der Waals surface area contributed by atoms with E-state index in [1.54, 1.807) is 49.6 Å². The number of hydrogen-bond acceptors (Lipinski definition) is 4. The molecule has 1 aliphatic rings. The number of nitrogens with one attached hydrogen (secondary N) is 2. The van der Waals surface area contributed by atoms with E-state index in [-0.39, 0.29) is 17.9 Å². The van der Waals surface area contributed by atoms with Crippen LogP contribution in [-0.2, 0) is 9.63 Å². The van der Waals surface area contributed by atoms with Crippen LogP contribution in [0.15, 0.2) is 36.4 Å². The van der Waals surface area contributed by atoms with E-state index in [4.69, 9.17) is 4.84 Å². The summed E-state index contributed by atoms with van der Waals surface area (Å²) in [5.74, 6) is -0.267. The number of rotatable bonds is 7. The third kappa shape index (κ3) is 6.68. The maximum Gasteiger partial charge on any atom is 0.251 e. The molecule has 1 saturated carbocycles. The fraction of sp³-hybridized carbons (Fsp3) is 0.474. The lowest BCUT2D eigenvalue weighted by Crippen LogP contribution is -2.36. The Bertz CT molecular complexity index is 592. The van der Waals surface area contributed by atoms with Gasteiger partial charge in [0.1, 0.15) is 0 Å². The summed E-state index contributed by atoms with van der Waals surface area (Å²) >= 11 is 0. The Morgan fingerprint density at radius 2 is 1.88 bits per heavy atom. The van der Waals surface area contributed by atoms with Crippen molar-refractivity contribution in [3.8, 4) is 0 Å². The smallest absolute Gasteiger partial charge is 0.251 e. The van der Waals surface area contributed by atoms with E-state index in [1.807, 2.05) is 0 Å². The minimum atomic E-state index is -0.219. The summed E-state index contributed by atoms with van der Waals surface area (Å²) in [5.41, 5.74) is 1.27. The lowest BCUT2D eigenvalue weighted by Gasteiger charge is -2.22. The quantitative estimate of drug-likeness (QED) is 0.589. The first-order chi connectivity index (χ1) is 12.1. The van der Waals surface area contributed by atoms with E-state index >= 15 is 0 Å². The molecule has 0 heterocycles. The number of nitrogens with zero attached hydrogens (tertiary/aromatic N) is 1. The van der Waals surface area contributed by atoms with Crippen molar-refractivity contribution in [3.63, 3.8) is 0 Å². The van der Waals surface area contributed by atoms with Crippen molar-refractivity contribution < 1.29 is 14.4 Å². The van der Waals surface area contributed by atoms with Crippen LogP contribution in [0, 0.1) is 0 Å². The zero-order chi connectivity index (χ0) is 18.1. The predicted octanol–water partition coefficient (Wildman–Crippen LogP) is 2.74. The number of carbonyl (C=O) groups is 2. The van der Waals surface area contributed by atoms with Crippen LogP contribution >= 0.6 is 0 Å². The predicted molar refractivity (Wildman–Crippen MR) is 98.2 cm³/mol. The average molecular weight is 345 g/mol. The normalized spacial score (nSPS) is 15.5. The highest BCUT2D eigenvalue weighted by atomic mass is 16.7. The summed E-state index contributed by atoms with van der Waals surface area (Å²) in [7, 11) is 3.35. The Morgan fingerprint density at radius 1 is 1.20 bits per heavy atom. The fourth-order valence-electron chi connectivity index (χ4n) is 2.79. The van der Waals surface area contributed by atoms with Crippen LogP contribution in [0.5, 0.6) is 0 Å². The molecule has 0 aliphatic heterocycles. The number of benzene rings is 1. The van der Waals surface area contributed by atoms with Crippen molar-refractivity contribution in [1.29, 1.82) is 0 Å². The van der Waals surface area contributed by atoms with Gasteiger partial charge in [-0.3, -0.25) is 9.59 Å². The molecule has 136 valence electrons. The largest absolute Gasteiger partial charge is 0.349 e. The second-order valence-corrected chi connectivity index (χ2v) is 6.27. The van der Waals surface area contributed by atoms with Gasteiger partial charge in [0.25, 0.3) is 5.91 Å². The van der Waals surface area contributed by atoms with Gasteiger partial charge in [0, 0.05) is 37.0 Å². The molecule has 6 nitrogen and oxygen atoms in total.